The quantitative estimate of drug-likeness (QED) is 0.638. The zero-order chi connectivity index (χ0) is 19.9. The summed E-state index contributed by atoms with van der Waals surface area (Å²) in [5.41, 5.74) is 2.60. The first kappa shape index (κ1) is 18.9. The average molecular weight is 419 g/mol. The lowest BCUT2D eigenvalue weighted by molar-refractivity contribution is 0.0852. The summed E-state index contributed by atoms with van der Waals surface area (Å²) >= 11 is 11.9. The van der Waals surface area contributed by atoms with Crippen LogP contribution >= 0.6 is 23.2 Å². The SMILES string of the molecule is Cc1ccc2c(c1)C(=O)NC1(CCN(C(=O)Nc3ccc(Cl)c(Cl)c3)CC1)N2. The van der Waals surface area contributed by atoms with Gasteiger partial charge in [0.2, 0.25) is 0 Å². The first-order valence-corrected chi connectivity index (χ1v) is 9.83. The fraction of sp³-hybridized carbons (Fsp3) is 0.300. The van der Waals surface area contributed by atoms with Crippen molar-refractivity contribution in [2.75, 3.05) is 23.7 Å². The van der Waals surface area contributed by atoms with Crippen molar-refractivity contribution in [1.29, 1.82) is 0 Å². The van der Waals surface area contributed by atoms with Crippen molar-refractivity contribution in [1.82, 2.24) is 10.2 Å². The summed E-state index contributed by atoms with van der Waals surface area (Å²) in [7, 11) is 0. The van der Waals surface area contributed by atoms with Crippen LogP contribution < -0.4 is 16.0 Å². The van der Waals surface area contributed by atoms with Crippen LogP contribution in [0.5, 0.6) is 0 Å². The molecule has 0 atom stereocenters. The van der Waals surface area contributed by atoms with Gasteiger partial charge in [0.15, 0.2) is 0 Å². The van der Waals surface area contributed by atoms with E-state index in [1.54, 1.807) is 23.1 Å². The molecule has 28 heavy (non-hydrogen) atoms. The van der Waals surface area contributed by atoms with Gasteiger partial charge in [0, 0.05) is 37.3 Å². The van der Waals surface area contributed by atoms with E-state index >= 15 is 0 Å². The van der Waals surface area contributed by atoms with Gasteiger partial charge < -0.3 is 20.9 Å². The van der Waals surface area contributed by atoms with Crippen molar-refractivity contribution in [2.24, 2.45) is 0 Å². The van der Waals surface area contributed by atoms with Crippen LogP contribution in [0.1, 0.15) is 28.8 Å². The van der Waals surface area contributed by atoms with Gasteiger partial charge in [-0.1, -0.05) is 34.8 Å². The second-order valence-corrected chi connectivity index (χ2v) is 8.07. The number of aryl methyl sites for hydroxylation is 1. The van der Waals surface area contributed by atoms with Crippen molar-refractivity contribution in [3.8, 4) is 0 Å². The summed E-state index contributed by atoms with van der Waals surface area (Å²) in [4.78, 5) is 26.9. The van der Waals surface area contributed by atoms with E-state index in [1.807, 2.05) is 25.1 Å². The minimum absolute atomic E-state index is 0.0776. The number of halogens is 2. The van der Waals surface area contributed by atoms with E-state index < -0.39 is 5.66 Å². The second-order valence-electron chi connectivity index (χ2n) is 7.26. The van der Waals surface area contributed by atoms with E-state index in [-0.39, 0.29) is 11.9 Å². The lowest BCUT2D eigenvalue weighted by Gasteiger charge is -2.45. The summed E-state index contributed by atoms with van der Waals surface area (Å²) in [5, 5.41) is 10.2. The van der Waals surface area contributed by atoms with Crippen LogP contribution in [0.4, 0.5) is 16.2 Å². The number of urea groups is 1. The number of anilines is 2. The molecule has 146 valence electrons. The predicted octanol–water partition coefficient (Wildman–Crippen LogP) is 4.48. The van der Waals surface area contributed by atoms with Crippen molar-refractivity contribution in [2.45, 2.75) is 25.4 Å². The molecule has 0 radical (unpaired) electrons. The minimum Gasteiger partial charge on any atom is -0.362 e. The van der Waals surface area contributed by atoms with Gasteiger partial charge >= 0.3 is 6.03 Å². The van der Waals surface area contributed by atoms with Crippen LogP contribution in [-0.4, -0.2) is 35.6 Å². The number of benzene rings is 2. The molecule has 0 bridgehead atoms. The van der Waals surface area contributed by atoms with Gasteiger partial charge in [-0.15, -0.1) is 0 Å². The Kier molecular flexibility index (Phi) is 4.85. The molecular weight excluding hydrogens is 399 g/mol. The van der Waals surface area contributed by atoms with E-state index in [1.165, 1.54) is 0 Å². The molecule has 0 saturated carbocycles. The Balaban J connectivity index is 1.41. The van der Waals surface area contributed by atoms with Gasteiger partial charge in [-0.05, 0) is 37.3 Å². The second kappa shape index (κ2) is 7.18. The Morgan fingerprint density at radius 3 is 2.54 bits per heavy atom. The van der Waals surface area contributed by atoms with Gasteiger partial charge in [-0.25, -0.2) is 4.79 Å². The molecule has 6 nitrogen and oxygen atoms in total. The number of rotatable bonds is 1. The maximum Gasteiger partial charge on any atom is 0.321 e. The fourth-order valence-corrected chi connectivity index (χ4v) is 3.94. The first-order valence-electron chi connectivity index (χ1n) is 9.08. The highest BCUT2D eigenvalue weighted by Crippen LogP contribution is 2.32. The number of hydrogen-bond acceptors (Lipinski definition) is 3. The Morgan fingerprint density at radius 1 is 1.07 bits per heavy atom. The van der Waals surface area contributed by atoms with Crippen LogP contribution in [0.25, 0.3) is 0 Å². The number of amides is 3. The number of fused-ring (bicyclic) bond motifs is 1. The molecule has 1 spiro atoms. The van der Waals surface area contributed by atoms with Crippen molar-refractivity contribution >= 4 is 46.5 Å². The molecule has 3 N–H and O–H groups in total. The van der Waals surface area contributed by atoms with E-state index in [2.05, 4.69) is 16.0 Å². The summed E-state index contributed by atoms with van der Waals surface area (Å²) in [6.45, 7) is 2.99. The zero-order valence-electron chi connectivity index (χ0n) is 15.3. The van der Waals surface area contributed by atoms with Gasteiger partial charge in [0.1, 0.15) is 5.66 Å². The number of hydrogen-bond donors (Lipinski definition) is 3. The van der Waals surface area contributed by atoms with Crippen LogP contribution in [0.3, 0.4) is 0 Å². The molecule has 2 aliphatic heterocycles. The molecule has 4 rings (SSSR count). The molecule has 2 aromatic carbocycles. The average Bonchev–Trinajstić information content (AvgIpc) is 2.66. The van der Waals surface area contributed by atoms with Gasteiger partial charge in [0.25, 0.3) is 5.91 Å². The highest BCUT2D eigenvalue weighted by atomic mass is 35.5. The molecule has 0 unspecified atom stereocenters. The number of likely N-dealkylation sites (tertiary alicyclic amines) is 1. The van der Waals surface area contributed by atoms with Gasteiger partial charge in [-0.2, -0.15) is 0 Å². The van der Waals surface area contributed by atoms with Crippen LogP contribution in [0.2, 0.25) is 10.0 Å². The largest absolute Gasteiger partial charge is 0.362 e. The monoisotopic (exact) mass is 418 g/mol. The molecule has 1 saturated heterocycles. The van der Waals surface area contributed by atoms with Crippen LogP contribution in [0, 0.1) is 6.92 Å². The maximum absolute atomic E-state index is 12.6. The minimum atomic E-state index is -0.528. The molecule has 1 fully saturated rings. The predicted molar refractivity (Wildman–Crippen MR) is 111 cm³/mol. The Morgan fingerprint density at radius 2 is 1.82 bits per heavy atom. The topological polar surface area (TPSA) is 73.5 Å². The third-order valence-electron chi connectivity index (χ3n) is 5.22. The highest BCUT2D eigenvalue weighted by molar-refractivity contribution is 6.42. The normalized spacial score (nSPS) is 17.5. The first-order chi connectivity index (χ1) is 13.3. The molecule has 2 heterocycles. The van der Waals surface area contributed by atoms with Gasteiger partial charge in [0.05, 0.1) is 15.6 Å². The molecule has 0 aromatic heterocycles. The zero-order valence-corrected chi connectivity index (χ0v) is 16.8. The maximum atomic E-state index is 12.6. The number of piperidine rings is 1. The molecule has 2 aliphatic rings. The Labute approximate surface area is 173 Å². The summed E-state index contributed by atoms with van der Waals surface area (Å²) < 4.78 is 0. The van der Waals surface area contributed by atoms with Crippen LogP contribution in [0.15, 0.2) is 36.4 Å². The molecular formula is C20H20Cl2N4O2. The standard InChI is InChI=1S/C20H20Cl2N4O2/c1-12-2-5-17-14(10-12)18(27)25-20(24-17)6-8-26(9-7-20)19(28)23-13-3-4-15(21)16(22)11-13/h2-5,10-11,24H,6-9H2,1H3,(H,23,28)(H,25,27). The molecule has 2 aromatic rings. The van der Waals surface area contributed by atoms with E-state index in [0.29, 0.717) is 47.2 Å². The summed E-state index contributed by atoms with van der Waals surface area (Å²) in [6, 6.07) is 10.6. The summed E-state index contributed by atoms with van der Waals surface area (Å²) in [5.74, 6) is -0.0776. The van der Waals surface area contributed by atoms with Crippen molar-refractivity contribution < 1.29 is 9.59 Å². The molecule has 3 amide bonds. The number of carbonyl (C=O) groups is 2. The molecule has 0 aliphatic carbocycles. The van der Waals surface area contributed by atoms with Crippen molar-refractivity contribution in [3.05, 3.63) is 57.6 Å². The number of nitrogens with zero attached hydrogens (tertiary/aromatic N) is 1. The summed E-state index contributed by atoms with van der Waals surface area (Å²) in [6.07, 6.45) is 1.22. The lowest BCUT2D eigenvalue weighted by atomic mass is 9.92. The lowest BCUT2D eigenvalue weighted by Crippen LogP contribution is -2.63. The number of nitrogens with one attached hydrogen (secondary N) is 3. The van der Waals surface area contributed by atoms with Crippen LogP contribution in [-0.2, 0) is 0 Å². The highest BCUT2D eigenvalue weighted by Gasteiger charge is 2.41. The van der Waals surface area contributed by atoms with Crippen molar-refractivity contribution in [3.63, 3.8) is 0 Å². The van der Waals surface area contributed by atoms with E-state index in [4.69, 9.17) is 23.2 Å². The van der Waals surface area contributed by atoms with E-state index in [0.717, 1.165) is 11.3 Å². The molecule has 8 heteroatoms. The van der Waals surface area contributed by atoms with Gasteiger partial charge in [-0.3, -0.25) is 4.79 Å². The Bertz CT molecular complexity index is 955. The third-order valence-corrected chi connectivity index (χ3v) is 5.96. The van der Waals surface area contributed by atoms with E-state index in [9.17, 15) is 9.59 Å². The number of carbonyl (C=O) groups excluding carboxylic acids is 2. The smallest absolute Gasteiger partial charge is 0.321 e. The fourth-order valence-electron chi connectivity index (χ4n) is 3.65. The third kappa shape index (κ3) is 3.62. The Hall–Kier alpha value is -2.44.